The first-order valence-electron chi connectivity index (χ1n) is 5.62. The Hall–Kier alpha value is -0.770. The molecule has 0 radical (unpaired) electrons. The SMILES string of the molecule is CC(C)OP(=O)(Cc1cnccn1)OC(C)C. The van der Waals surface area contributed by atoms with Gasteiger partial charge in [0, 0.05) is 18.6 Å². The maximum absolute atomic E-state index is 12.5. The Morgan fingerprint density at radius 1 is 1.18 bits per heavy atom. The van der Waals surface area contributed by atoms with Crippen LogP contribution in [0, 0.1) is 0 Å². The lowest BCUT2D eigenvalue weighted by Crippen LogP contribution is -2.10. The van der Waals surface area contributed by atoms with Gasteiger partial charge in [0.2, 0.25) is 0 Å². The van der Waals surface area contributed by atoms with E-state index in [1.54, 1.807) is 18.6 Å². The van der Waals surface area contributed by atoms with Gasteiger partial charge in [-0.3, -0.25) is 14.5 Å². The number of nitrogens with zero attached hydrogens (tertiary/aromatic N) is 2. The van der Waals surface area contributed by atoms with Gasteiger partial charge in [-0.05, 0) is 27.7 Å². The van der Waals surface area contributed by atoms with E-state index in [1.807, 2.05) is 27.7 Å². The van der Waals surface area contributed by atoms with Crippen LogP contribution in [0.2, 0.25) is 0 Å². The first-order chi connectivity index (χ1) is 7.91. The minimum atomic E-state index is -3.16. The molecule has 1 aromatic heterocycles. The van der Waals surface area contributed by atoms with E-state index in [-0.39, 0.29) is 18.4 Å². The molecule has 0 aromatic carbocycles. The molecule has 0 saturated carbocycles. The third-order valence-corrected chi connectivity index (χ3v) is 3.91. The first-order valence-corrected chi connectivity index (χ1v) is 7.35. The van der Waals surface area contributed by atoms with Crippen LogP contribution in [0.5, 0.6) is 0 Å². The second-order valence-corrected chi connectivity index (χ2v) is 6.23. The summed E-state index contributed by atoms with van der Waals surface area (Å²) in [5.41, 5.74) is 0.608. The van der Waals surface area contributed by atoms with Crippen LogP contribution in [0.25, 0.3) is 0 Å². The number of hydrogen-bond donors (Lipinski definition) is 0. The number of aromatic nitrogens is 2. The highest BCUT2D eigenvalue weighted by molar-refractivity contribution is 7.53. The maximum Gasteiger partial charge on any atom is 0.337 e. The second-order valence-electron chi connectivity index (χ2n) is 4.27. The predicted molar refractivity (Wildman–Crippen MR) is 65.8 cm³/mol. The lowest BCUT2D eigenvalue weighted by molar-refractivity contribution is 0.141. The molecule has 0 bridgehead atoms. The largest absolute Gasteiger partial charge is 0.337 e. The Bertz CT molecular complexity index is 368. The zero-order valence-corrected chi connectivity index (χ0v) is 11.6. The molecule has 0 atom stereocenters. The number of rotatable bonds is 6. The minimum absolute atomic E-state index is 0.150. The van der Waals surface area contributed by atoms with Crippen LogP contribution in [-0.4, -0.2) is 22.2 Å². The highest BCUT2D eigenvalue weighted by Crippen LogP contribution is 2.53. The Morgan fingerprint density at radius 2 is 1.76 bits per heavy atom. The van der Waals surface area contributed by atoms with Crippen molar-refractivity contribution in [2.75, 3.05) is 0 Å². The van der Waals surface area contributed by atoms with Gasteiger partial charge in [0.15, 0.2) is 0 Å². The van der Waals surface area contributed by atoms with E-state index in [1.165, 1.54) is 0 Å². The van der Waals surface area contributed by atoms with Gasteiger partial charge in [-0.1, -0.05) is 0 Å². The van der Waals surface area contributed by atoms with Gasteiger partial charge in [-0.25, -0.2) is 0 Å². The van der Waals surface area contributed by atoms with Crippen LogP contribution in [-0.2, 0) is 19.8 Å². The van der Waals surface area contributed by atoms with Gasteiger partial charge >= 0.3 is 7.60 Å². The van der Waals surface area contributed by atoms with E-state index < -0.39 is 7.60 Å². The predicted octanol–water partition coefficient (Wildman–Crippen LogP) is 3.02. The van der Waals surface area contributed by atoms with Gasteiger partial charge in [-0.15, -0.1) is 0 Å². The van der Waals surface area contributed by atoms with E-state index in [4.69, 9.17) is 9.05 Å². The molecule has 0 amide bonds. The van der Waals surface area contributed by atoms with Crippen LogP contribution >= 0.6 is 7.60 Å². The van der Waals surface area contributed by atoms with Crippen molar-refractivity contribution >= 4 is 7.60 Å². The molecule has 0 N–H and O–H groups in total. The van der Waals surface area contributed by atoms with Crippen molar-refractivity contribution in [2.45, 2.75) is 46.1 Å². The molecule has 0 aliphatic heterocycles. The van der Waals surface area contributed by atoms with Crippen LogP contribution in [0.1, 0.15) is 33.4 Å². The van der Waals surface area contributed by atoms with Crippen LogP contribution in [0.3, 0.4) is 0 Å². The summed E-state index contributed by atoms with van der Waals surface area (Å²) in [4.78, 5) is 8.02. The van der Waals surface area contributed by atoms with Crippen LogP contribution in [0.4, 0.5) is 0 Å². The van der Waals surface area contributed by atoms with E-state index in [0.29, 0.717) is 5.69 Å². The van der Waals surface area contributed by atoms with Crippen molar-refractivity contribution in [1.29, 1.82) is 0 Å². The first kappa shape index (κ1) is 14.3. The van der Waals surface area contributed by atoms with Gasteiger partial charge in [0.1, 0.15) is 0 Å². The topological polar surface area (TPSA) is 61.3 Å². The fourth-order valence-electron chi connectivity index (χ4n) is 1.35. The lowest BCUT2D eigenvalue weighted by Gasteiger charge is -2.22. The smallest absolute Gasteiger partial charge is 0.306 e. The van der Waals surface area contributed by atoms with Crippen LogP contribution in [0.15, 0.2) is 18.6 Å². The third kappa shape index (κ3) is 5.39. The Labute approximate surface area is 102 Å². The van der Waals surface area contributed by atoms with Crippen molar-refractivity contribution in [3.8, 4) is 0 Å². The fourth-order valence-corrected chi connectivity index (χ4v) is 3.40. The average molecular weight is 258 g/mol. The molecular weight excluding hydrogens is 239 g/mol. The molecule has 1 rings (SSSR count). The van der Waals surface area contributed by atoms with Crippen molar-refractivity contribution < 1.29 is 13.6 Å². The summed E-state index contributed by atoms with van der Waals surface area (Å²) in [6, 6.07) is 0. The molecule has 6 heteroatoms. The van der Waals surface area contributed by atoms with Gasteiger partial charge in [-0.2, -0.15) is 0 Å². The monoisotopic (exact) mass is 258 g/mol. The van der Waals surface area contributed by atoms with Gasteiger partial charge in [0.05, 0.1) is 24.1 Å². The van der Waals surface area contributed by atoms with Gasteiger partial charge in [0.25, 0.3) is 0 Å². The average Bonchev–Trinajstić information content (AvgIpc) is 2.15. The zero-order chi connectivity index (χ0) is 12.9. The molecule has 96 valence electrons. The molecule has 0 spiro atoms. The summed E-state index contributed by atoms with van der Waals surface area (Å²) in [5.74, 6) is 0. The van der Waals surface area contributed by atoms with E-state index in [2.05, 4.69) is 9.97 Å². The van der Waals surface area contributed by atoms with E-state index >= 15 is 0 Å². The molecule has 0 saturated heterocycles. The summed E-state index contributed by atoms with van der Waals surface area (Å²) in [6.07, 6.45) is 4.54. The Balaban J connectivity index is 2.80. The fraction of sp³-hybridized carbons (Fsp3) is 0.636. The Morgan fingerprint density at radius 3 is 2.18 bits per heavy atom. The Kier molecular flexibility index (Phi) is 5.25. The molecule has 0 fully saturated rings. The summed E-state index contributed by atoms with van der Waals surface area (Å²) < 4.78 is 23.3. The molecule has 17 heavy (non-hydrogen) atoms. The summed E-state index contributed by atoms with van der Waals surface area (Å²) >= 11 is 0. The zero-order valence-electron chi connectivity index (χ0n) is 10.7. The standard InChI is InChI=1S/C11H19N2O3P/c1-9(2)15-17(14,16-10(3)4)8-11-7-12-5-6-13-11/h5-7,9-10H,8H2,1-4H3. The van der Waals surface area contributed by atoms with E-state index in [0.717, 1.165) is 0 Å². The summed E-state index contributed by atoms with van der Waals surface area (Å²) in [6.45, 7) is 7.31. The lowest BCUT2D eigenvalue weighted by atomic mass is 10.5. The van der Waals surface area contributed by atoms with Crippen molar-refractivity contribution in [2.24, 2.45) is 0 Å². The van der Waals surface area contributed by atoms with Crippen molar-refractivity contribution in [3.63, 3.8) is 0 Å². The third-order valence-electron chi connectivity index (χ3n) is 1.72. The molecule has 0 unspecified atom stereocenters. The molecule has 1 aromatic rings. The molecular formula is C11H19N2O3P. The number of hydrogen-bond acceptors (Lipinski definition) is 5. The highest BCUT2D eigenvalue weighted by Gasteiger charge is 2.28. The van der Waals surface area contributed by atoms with Crippen molar-refractivity contribution in [3.05, 3.63) is 24.3 Å². The normalized spacial score (nSPS) is 12.4. The second kappa shape index (κ2) is 6.24. The van der Waals surface area contributed by atoms with Crippen LogP contribution < -0.4 is 0 Å². The quantitative estimate of drug-likeness (QED) is 0.734. The summed E-state index contributed by atoms with van der Waals surface area (Å²) in [7, 11) is -3.16. The minimum Gasteiger partial charge on any atom is -0.306 e. The summed E-state index contributed by atoms with van der Waals surface area (Å²) in [5, 5.41) is 0. The molecule has 0 aliphatic carbocycles. The molecule has 0 aliphatic rings. The van der Waals surface area contributed by atoms with Gasteiger partial charge < -0.3 is 9.05 Å². The van der Waals surface area contributed by atoms with Crippen molar-refractivity contribution in [1.82, 2.24) is 9.97 Å². The van der Waals surface area contributed by atoms with E-state index in [9.17, 15) is 4.57 Å². The molecule has 5 nitrogen and oxygen atoms in total. The molecule has 1 heterocycles. The maximum atomic E-state index is 12.5. The highest BCUT2D eigenvalue weighted by atomic mass is 31.2.